The summed E-state index contributed by atoms with van der Waals surface area (Å²) in [7, 11) is 0. The maximum absolute atomic E-state index is 12.6. The number of rotatable bonds is 7. The zero-order valence-corrected chi connectivity index (χ0v) is 16.2. The van der Waals surface area contributed by atoms with E-state index < -0.39 is 24.0 Å². The molecule has 0 unspecified atom stereocenters. The van der Waals surface area contributed by atoms with Crippen molar-refractivity contribution < 1.29 is 24.3 Å². The van der Waals surface area contributed by atoms with Gasteiger partial charge >= 0.3 is 5.97 Å². The number of carboxylic acids is 1. The van der Waals surface area contributed by atoms with Gasteiger partial charge in [0.15, 0.2) is 0 Å². The molecule has 1 fully saturated rings. The topological polar surface area (TPSA) is 104 Å². The van der Waals surface area contributed by atoms with E-state index in [0.29, 0.717) is 24.9 Å². The van der Waals surface area contributed by atoms with Crippen LogP contribution in [0.3, 0.4) is 0 Å². The van der Waals surface area contributed by atoms with Crippen LogP contribution in [0.2, 0.25) is 0 Å². The van der Waals surface area contributed by atoms with E-state index in [1.165, 1.54) is 11.8 Å². The molecule has 1 aliphatic heterocycles. The highest BCUT2D eigenvalue weighted by molar-refractivity contribution is 8.13. The molecule has 7 nitrogen and oxygen atoms in total. The van der Waals surface area contributed by atoms with E-state index in [1.54, 1.807) is 31.2 Å². The number of carbonyl (C=O) groups excluding carboxylic acids is 3. The number of aliphatic carboxylic acids is 1. The van der Waals surface area contributed by atoms with Crippen LogP contribution >= 0.6 is 11.8 Å². The van der Waals surface area contributed by atoms with Gasteiger partial charge in [-0.1, -0.05) is 49.0 Å². The second kappa shape index (κ2) is 9.55. The molecule has 0 aliphatic carbocycles. The van der Waals surface area contributed by atoms with Crippen LogP contribution in [-0.4, -0.2) is 51.2 Å². The summed E-state index contributed by atoms with van der Waals surface area (Å²) >= 11 is 0.978. The highest BCUT2D eigenvalue weighted by Crippen LogP contribution is 2.25. The largest absolute Gasteiger partial charge is 0.480 e. The Bertz CT molecular complexity index is 709. The Balaban J connectivity index is 1.98. The smallest absolute Gasteiger partial charge is 0.326 e. The second-order valence-corrected chi connectivity index (χ2v) is 7.63. The number of nitrogens with zero attached hydrogens (tertiary/aromatic N) is 1. The lowest BCUT2D eigenvalue weighted by Gasteiger charge is -2.25. The number of thioether (sulfide) groups is 1. The molecule has 2 amide bonds. The summed E-state index contributed by atoms with van der Waals surface area (Å²) < 4.78 is 0. The maximum Gasteiger partial charge on any atom is 0.326 e. The molecule has 0 aromatic heterocycles. The van der Waals surface area contributed by atoms with Crippen molar-refractivity contribution in [2.75, 3.05) is 12.3 Å². The summed E-state index contributed by atoms with van der Waals surface area (Å²) in [5, 5.41) is 11.6. The van der Waals surface area contributed by atoms with Gasteiger partial charge in [-0.25, -0.2) is 4.79 Å². The molecule has 27 heavy (non-hydrogen) atoms. The molecule has 8 heteroatoms. The predicted octanol–water partition coefficient (Wildman–Crippen LogP) is 1.84. The SMILES string of the molecule is CC(=O)N[C@H](C(=O)SC[C@H](C)C(=O)N1CCC[C@@H]1C(=O)O)c1ccccc1. The third-order valence-electron chi connectivity index (χ3n) is 4.43. The van der Waals surface area contributed by atoms with Crippen LogP contribution in [0.4, 0.5) is 0 Å². The molecule has 1 aromatic rings. The molecule has 1 aliphatic rings. The lowest BCUT2D eigenvalue weighted by molar-refractivity contribution is -0.149. The van der Waals surface area contributed by atoms with E-state index in [9.17, 15) is 24.3 Å². The molecule has 0 saturated carbocycles. The quantitative estimate of drug-likeness (QED) is 0.734. The molecule has 1 saturated heterocycles. The van der Waals surface area contributed by atoms with Crippen molar-refractivity contribution in [3.63, 3.8) is 0 Å². The second-order valence-electron chi connectivity index (χ2n) is 6.60. The maximum atomic E-state index is 12.6. The summed E-state index contributed by atoms with van der Waals surface area (Å²) in [5.74, 6) is -1.83. The van der Waals surface area contributed by atoms with Gasteiger partial charge in [0.25, 0.3) is 0 Å². The first-order valence-corrected chi connectivity index (χ1v) is 9.81. The molecular weight excluding hydrogens is 368 g/mol. The average Bonchev–Trinajstić information content (AvgIpc) is 3.14. The minimum absolute atomic E-state index is 0.226. The Morgan fingerprint density at radius 3 is 2.52 bits per heavy atom. The highest BCUT2D eigenvalue weighted by Gasteiger charge is 2.36. The minimum atomic E-state index is -0.994. The summed E-state index contributed by atoms with van der Waals surface area (Å²) in [6.45, 7) is 3.46. The van der Waals surface area contributed by atoms with Crippen molar-refractivity contribution in [2.45, 2.75) is 38.8 Å². The standard InChI is InChI=1S/C19H24N2O5S/c1-12(17(23)21-10-6-9-15(21)18(24)25)11-27-19(26)16(20-13(2)22)14-7-4-3-5-8-14/h3-5,7-8,12,15-16H,6,9-11H2,1-2H3,(H,20,22)(H,24,25)/t12-,15+,16-/m0/s1. The zero-order valence-electron chi connectivity index (χ0n) is 15.4. The molecule has 0 bridgehead atoms. The third kappa shape index (κ3) is 5.56. The number of carbonyl (C=O) groups is 4. The molecule has 0 spiro atoms. The normalized spacial score (nSPS) is 18.6. The van der Waals surface area contributed by atoms with Gasteiger partial charge in [-0.05, 0) is 18.4 Å². The number of carboxylic acid groups (broad SMARTS) is 1. The number of benzene rings is 1. The van der Waals surface area contributed by atoms with Crippen molar-refractivity contribution in [2.24, 2.45) is 5.92 Å². The van der Waals surface area contributed by atoms with Gasteiger partial charge < -0.3 is 15.3 Å². The fraction of sp³-hybridized carbons (Fsp3) is 0.474. The number of amides is 2. The van der Waals surface area contributed by atoms with Gasteiger partial charge in [0.2, 0.25) is 16.9 Å². The fourth-order valence-electron chi connectivity index (χ4n) is 3.06. The van der Waals surface area contributed by atoms with E-state index in [0.717, 1.165) is 11.8 Å². The van der Waals surface area contributed by atoms with Crippen molar-refractivity contribution in [1.82, 2.24) is 10.2 Å². The van der Waals surface area contributed by atoms with Crippen LogP contribution in [0.1, 0.15) is 38.3 Å². The summed E-state index contributed by atoms with van der Waals surface area (Å²) in [6.07, 6.45) is 1.12. The monoisotopic (exact) mass is 392 g/mol. The summed E-state index contributed by atoms with van der Waals surface area (Å²) in [5.41, 5.74) is 0.676. The van der Waals surface area contributed by atoms with E-state index in [4.69, 9.17) is 0 Å². The molecule has 1 heterocycles. The van der Waals surface area contributed by atoms with Crippen molar-refractivity contribution in [1.29, 1.82) is 0 Å². The number of nitrogens with one attached hydrogen (secondary N) is 1. The summed E-state index contributed by atoms with van der Waals surface area (Å²) in [6, 6.07) is 7.35. The Hall–Kier alpha value is -2.35. The van der Waals surface area contributed by atoms with Crippen molar-refractivity contribution >= 4 is 34.7 Å². The van der Waals surface area contributed by atoms with Crippen molar-refractivity contribution in [3.8, 4) is 0 Å². The van der Waals surface area contributed by atoms with E-state index in [-0.39, 0.29) is 22.7 Å². The third-order valence-corrected chi connectivity index (χ3v) is 5.62. The molecule has 146 valence electrons. The highest BCUT2D eigenvalue weighted by atomic mass is 32.2. The van der Waals surface area contributed by atoms with Crippen LogP contribution in [0.5, 0.6) is 0 Å². The first kappa shape index (κ1) is 21.0. The molecule has 2 rings (SSSR count). The Labute approximate surface area is 162 Å². The molecule has 0 radical (unpaired) electrons. The van der Waals surface area contributed by atoms with Gasteiger partial charge in [-0.2, -0.15) is 0 Å². The van der Waals surface area contributed by atoms with Crippen LogP contribution in [-0.2, 0) is 19.2 Å². The lowest BCUT2D eigenvalue weighted by Crippen LogP contribution is -2.43. The van der Waals surface area contributed by atoms with Gasteiger partial charge in [-0.3, -0.25) is 14.4 Å². The molecule has 3 atom stereocenters. The van der Waals surface area contributed by atoms with Crippen LogP contribution in [0.15, 0.2) is 30.3 Å². The summed E-state index contributed by atoms with van der Waals surface area (Å²) in [4.78, 5) is 49.3. The minimum Gasteiger partial charge on any atom is -0.480 e. The molecular formula is C19H24N2O5S. The predicted molar refractivity (Wildman–Crippen MR) is 102 cm³/mol. The van der Waals surface area contributed by atoms with Crippen LogP contribution in [0, 0.1) is 5.92 Å². The fourth-order valence-corrected chi connectivity index (χ4v) is 3.98. The number of hydrogen-bond donors (Lipinski definition) is 2. The first-order chi connectivity index (χ1) is 12.8. The van der Waals surface area contributed by atoms with Gasteiger partial charge in [0, 0.05) is 25.1 Å². The van der Waals surface area contributed by atoms with Crippen LogP contribution in [0.25, 0.3) is 0 Å². The Morgan fingerprint density at radius 1 is 1.26 bits per heavy atom. The average molecular weight is 392 g/mol. The lowest BCUT2D eigenvalue weighted by atomic mass is 10.1. The number of likely N-dealkylation sites (tertiary alicyclic amines) is 1. The van der Waals surface area contributed by atoms with Gasteiger partial charge in [0.1, 0.15) is 12.1 Å². The first-order valence-electron chi connectivity index (χ1n) is 8.83. The van der Waals surface area contributed by atoms with Gasteiger partial charge in [0.05, 0.1) is 0 Å². The Morgan fingerprint density at radius 2 is 1.93 bits per heavy atom. The number of hydrogen-bond acceptors (Lipinski definition) is 5. The van der Waals surface area contributed by atoms with E-state index >= 15 is 0 Å². The van der Waals surface area contributed by atoms with Crippen LogP contribution < -0.4 is 5.32 Å². The molecule has 2 N–H and O–H groups in total. The van der Waals surface area contributed by atoms with E-state index in [2.05, 4.69) is 5.32 Å². The zero-order chi connectivity index (χ0) is 20.0. The van der Waals surface area contributed by atoms with Gasteiger partial charge in [-0.15, -0.1) is 0 Å². The van der Waals surface area contributed by atoms with Crippen molar-refractivity contribution in [3.05, 3.63) is 35.9 Å². The Kier molecular flexibility index (Phi) is 7.41. The van der Waals surface area contributed by atoms with E-state index in [1.807, 2.05) is 6.07 Å². The molecule has 1 aromatic carbocycles.